The predicted molar refractivity (Wildman–Crippen MR) is 108 cm³/mol. The molecule has 0 aliphatic carbocycles. The van der Waals surface area contributed by atoms with Gasteiger partial charge in [-0.15, -0.1) is 5.10 Å². The van der Waals surface area contributed by atoms with Crippen molar-refractivity contribution >= 4 is 28.4 Å². The maximum Gasteiger partial charge on any atom is 0.266 e. The maximum absolute atomic E-state index is 12.7. The quantitative estimate of drug-likeness (QED) is 0.715. The zero-order valence-corrected chi connectivity index (χ0v) is 16.6. The highest BCUT2D eigenvalue weighted by atomic mass is 35.5. The molecule has 28 heavy (non-hydrogen) atoms. The van der Waals surface area contributed by atoms with Gasteiger partial charge in [-0.1, -0.05) is 35.9 Å². The second-order valence-electron chi connectivity index (χ2n) is 7.59. The number of nitrogens with zero attached hydrogens (tertiary/aromatic N) is 3. The van der Waals surface area contributed by atoms with Crippen molar-refractivity contribution in [1.29, 1.82) is 0 Å². The highest BCUT2D eigenvalue weighted by Gasteiger charge is 2.40. The molecule has 4 rings (SSSR count). The summed E-state index contributed by atoms with van der Waals surface area (Å²) in [6, 6.07) is 15.4. The van der Waals surface area contributed by atoms with Crippen molar-refractivity contribution in [1.82, 2.24) is 14.7 Å². The molecule has 1 aliphatic heterocycles. The van der Waals surface area contributed by atoms with Gasteiger partial charge in [-0.25, -0.2) is 0 Å². The van der Waals surface area contributed by atoms with Crippen molar-refractivity contribution in [3.63, 3.8) is 0 Å². The van der Waals surface area contributed by atoms with Crippen molar-refractivity contribution < 1.29 is 14.6 Å². The van der Waals surface area contributed by atoms with E-state index in [1.807, 2.05) is 53.2 Å². The Kier molecular flexibility index (Phi) is 4.77. The number of carbonyl (C=O) groups excluding carboxylic acids is 1. The molecular weight excluding hydrogens is 378 g/mol. The van der Waals surface area contributed by atoms with Crippen molar-refractivity contribution in [3.8, 4) is 5.88 Å². The Bertz CT molecular complexity index is 1020. The van der Waals surface area contributed by atoms with Crippen LogP contribution in [0.5, 0.6) is 5.88 Å². The first-order chi connectivity index (χ1) is 13.3. The van der Waals surface area contributed by atoms with E-state index in [1.54, 1.807) is 18.7 Å². The number of halogens is 1. The zero-order valence-electron chi connectivity index (χ0n) is 15.8. The van der Waals surface area contributed by atoms with E-state index in [2.05, 4.69) is 5.10 Å². The van der Waals surface area contributed by atoms with Crippen LogP contribution in [0.1, 0.15) is 19.4 Å². The lowest BCUT2D eigenvalue weighted by Crippen LogP contribution is -2.60. The molecule has 0 atom stereocenters. The van der Waals surface area contributed by atoms with Crippen molar-refractivity contribution in [3.05, 3.63) is 59.1 Å². The fourth-order valence-corrected chi connectivity index (χ4v) is 3.60. The summed E-state index contributed by atoms with van der Waals surface area (Å²) in [4.78, 5) is 14.3. The van der Waals surface area contributed by atoms with Gasteiger partial charge in [0.1, 0.15) is 0 Å². The molecule has 0 unspecified atom stereocenters. The van der Waals surface area contributed by atoms with Crippen LogP contribution in [0.15, 0.2) is 48.5 Å². The second kappa shape index (κ2) is 7.11. The van der Waals surface area contributed by atoms with Crippen LogP contribution in [0, 0.1) is 0 Å². The Hall–Kier alpha value is -2.57. The van der Waals surface area contributed by atoms with Gasteiger partial charge >= 0.3 is 0 Å². The summed E-state index contributed by atoms with van der Waals surface area (Å²) in [6.07, 6.45) is -0.447. The van der Waals surface area contributed by atoms with Crippen LogP contribution in [0.4, 0.5) is 0 Å². The molecular formula is C21H22ClN3O3. The van der Waals surface area contributed by atoms with Crippen molar-refractivity contribution in [2.45, 2.75) is 32.1 Å². The molecule has 146 valence electrons. The van der Waals surface area contributed by atoms with E-state index in [0.29, 0.717) is 30.5 Å². The molecule has 0 radical (unpaired) electrons. The van der Waals surface area contributed by atoms with Crippen LogP contribution >= 0.6 is 11.6 Å². The Labute approximate surface area is 168 Å². The molecule has 1 saturated heterocycles. The van der Waals surface area contributed by atoms with Gasteiger partial charge in [0.25, 0.3) is 5.91 Å². The van der Waals surface area contributed by atoms with Gasteiger partial charge in [0.15, 0.2) is 5.60 Å². The summed E-state index contributed by atoms with van der Waals surface area (Å²) >= 11 is 6.10. The Morgan fingerprint density at radius 3 is 2.71 bits per heavy atom. The number of aromatic nitrogens is 2. The average molecular weight is 400 g/mol. The Morgan fingerprint density at radius 2 is 2.00 bits per heavy atom. The highest BCUT2D eigenvalue weighted by Crippen LogP contribution is 2.30. The second-order valence-corrected chi connectivity index (χ2v) is 8.02. The first kappa shape index (κ1) is 18.8. The Morgan fingerprint density at radius 1 is 1.25 bits per heavy atom. The molecule has 6 nitrogen and oxygen atoms in total. The van der Waals surface area contributed by atoms with Gasteiger partial charge in [-0.2, -0.15) is 0 Å². The van der Waals surface area contributed by atoms with Gasteiger partial charge in [-0.05, 0) is 43.7 Å². The van der Waals surface area contributed by atoms with Gasteiger partial charge in [0.05, 0.1) is 23.6 Å². The number of aliphatic hydroxyl groups is 1. The van der Waals surface area contributed by atoms with Crippen molar-refractivity contribution in [2.24, 2.45) is 0 Å². The van der Waals surface area contributed by atoms with E-state index in [-0.39, 0.29) is 5.91 Å². The van der Waals surface area contributed by atoms with Gasteiger partial charge in [-0.3, -0.25) is 9.48 Å². The van der Waals surface area contributed by atoms with Crippen LogP contribution in [-0.2, 0) is 11.3 Å². The molecule has 7 heteroatoms. The number of carbonyl (C=O) groups is 1. The standard InChI is InChI=1S/C21H22ClN3O3/c1-21(2,20(27)24-12-16(26)13-24)28-19-17-8-3-4-9-18(17)25(23-19)11-14-6-5-7-15(22)10-14/h3-10,16,26H,11-13H2,1-2H3. The van der Waals surface area contributed by atoms with E-state index in [9.17, 15) is 9.90 Å². The van der Waals surface area contributed by atoms with Gasteiger partial charge in [0, 0.05) is 18.1 Å². The number of para-hydroxylation sites is 1. The number of hydrogen-bond donors (Lipinski definition) is 1. The average Bonchev–Trinajstić information content (AvgIpc) is 2.95. The highest BCUT2D eigenvalue weighted by molar-refractivity contribution is 6.30. The minimum absolute atomic E-state index is 0.161. The molecule has 0 spiro atoms. The van der Waals surface area contributed by atoms with Crippen LogP contribution < -0.4 is 4.74 Å². The Balaban J connectivity index is 1.63. The molecule has 0 saturated carbocycles. The van der Waals surface area contributed by atoms with Crippen LogP contribution in [-0.4, -0.2) is 50.5 Å². The number of rotatable bonds is 5. The minimum Gasteiger partial charge on any atom is -0.460 e. The fraction of sp³-hybridized carbons (Fsp3) is 0.333. The fourth-order valence-electron chi connectivity index (χ4n) is 3.39. The lowest BCUT2D eigenvalue weighted by molar-refractivity contribution is -0.155. The van der Waals surface area contributed by atoms with E-state index >= 15 is 0 Å². The number of fused-ring (bicyclic) bond motifs is 1. The van der Waals surface area contributed by atoms with E-state index < -0.39 is 11.7 Å². The summed E-state index contributed by atoms with van der Waals surface area (Å²) in [5, 5.41) is 15.6. The van der Waals surface area contributed by atoms with Crippen LogP contribution in [0.3, 0.4) is 0 Å². The van der Waals surface area contributed by atoms with E-state index in [0.717, 1.165) is 16.5 Å². The van der Waals surface area contributed by atoms with Crippen LogP contribution in [0.25, 0.3) is 10.9 Å². The van der Waals surface area contributed by atoms with E-state index in [4.69, 9.17) is 16.3 Å². The smallest absolute Gasteiger partial charge is 0.266 e. The number of benzene rings is 2. The lowest BCUT2D eigenvalue weighted by Gasteiger charge is -2.40. The zero-order chi connectivity index (χ0) is 19.9. The summed E-state index contributed by atoms with van der Waals surface area (Å²) in [7, 11) is 0. The topological polar surface area (TPSA) is 67.6 Å². The number of ether oxygens (including phenoxy) is 1. The summed E-state index contributed by atoms with van der Waals surface area (Å²) < 4.78 is 7.93. The number of amides is 1. The molecule has 1 fully saturated rings. The summed E-state index contributed by atoms with van der Waals surface area (Å²) in [6.45, 7) is 4.68. The number of aliphatic hydroxyl groups excluding tert-OH is 1. The first-order valence-corrected chi connectivity index (χ1v) is 9.58. The number of β-amino-alcohol motifs (C(OH)–C–C–N with tert-alkyl or cyclic N) is 1. The number of likely N-dealkylation sites (tertiary alicyclic amines) is 1. The molecule has 1 N–H and O–H groups in total. The molecule has 0 bridgehead atoms. The third-order valence-corrected chi connectivity index (χ3v) is 5.10. The molecule has 3 aromatic rings. The number of hydrogen-bond acceptors (Lipinski definition) is 4. The largest absolute Gasteiger partial charge is 0.460 e. The molecule has 1 amide bonds. The third kappa shape index (κ3) is 3.57. The minimum atomic E-state index is -1.09. The normalized spacial score (nSPS) is 14.9. The molecule has 2 aromatic carbocycles. The summed E-state index contributed by atoms with van der Waals surface area (Å²) in [5.74, 6) is 0.253. The predicted octanol–water partition coefficient (Wildman–Crippen LogP) is 3.10. The third-order valence-electron chi connectivity index (χ3n) is 4.86. The van der Waals surface area contributed by atoms with Crippen molar-refractivity contribution in [2.75, 3.05) is 13.1 Å². The molecule has 1 aromatic heterocycles. The SMILES string of the molecule is CC(C)(Oc1nn(Cc2cccc(Cl)c2)c2ccccc12)C(=O)N1CC(O)C1. The maximum atomic E-state index is 12.7. The van der Waals surface area contributed by atoms with Crippen LogP contribution in [0.2, 0.25) is 5.02 Å². The lowest BCUT2D eigenvalue weighted by atomic mass is 10.0. The monoisotopic (exact) mass is 399 g/mol. The van der Waals surface area contributed by atoms with E-state index in [1.165, 1.54) is 0 Å². The van der Waals surface area contributed by atoms with Gasteiger partial charge < -0.3 is 14.7 Å². The summed E-state index contributed by atoms with van der Waals surface area (Å²) in [5.41, 5.74) is 0.857. The molecule has 1 aliphatic rings. The molecule has 2 heterocycles. The van der Waals surface area contributed by atoms with Gasteiger partial charge in [0.2, 0.25) is 5.88 Å². The first-order valence-electron chi connectivity index (χ1n) is 9.20.